The van der Waals surface area contributed by atoms with Crippen LogP contribution in [0.15, 0.2) is 30.5 Å². The monoisotopic (exact) mass is 232 g/mol. The van der Waals surface area contributed by atoms with Gasteiger partial charge in [-0.15, -0.1) is 0 Å². The van der Waals surface area contributed by atoms with Crippen LogP contribution in [0.3, 0.4) is 0 Å². The average molecular weight is 232 g/mol. The van der Waals surface area contributed by atoms with E-state index in [1.54, 1.807) is 30.1 Å². The Morgan fingerprint density at radius 2 is 2.24 bits per heavy atom. The molecule has 4 heteroatoms. The fourth-order valence-electron chi connectivity index (χ4n) is 1.70. The Hall–Kier alpha value is -1.97. The number of nitrogens with zero attached hydrogens (tertiary/aromatic N) is 2. The lowest BCUT2D eigenvalue weighted by Crippen LogP contribution is -2.05. The molecule has 0 unspecified atom stereocenters. The number of aryl methyl sites for hydroxylation is 1. The molecule has 0 N–H and O–H groups in total. The normalized spacial score (nSPS) is 10.5. The highest BCUT2D eigenvalue weighted by molar-refractivity contribution is 5.98. The standard InChI is InChI=1S/C13H13FN2O/c1-9-12(8-15-16(9)2)13(17)7-10-4-3-5-11(14)6-10/h3-6,8H,7H2,1-2H3. The van der Waals surface area contributed by atoms with Crippen molar-refractivity contribution >= 4 is 5.78 Å². The molecule has 88 valence electrons. The maximum absolute atomic E-state index is 13.0. The van der Waals surface area contributed by atoms with Gasteiger partial charge in [0.2, 0.25) is 0 Å². The van der Waals surface area contributed by atoms with Crippen molar-refractivity contribution in [2.45, 2.75) is 13.3 Å². The second kappa shape index (κ2) is 4.49. The highest BCUT2D eigenvalue weighted by Gasteiger charge is 2.13. The maximum Gasteiger partial charge on any atom is 0.170 e. The molecular weight excluding hydrogens is 219 g/mol. The van der Waals surface area contributed by atoms with Crippen LogP contribution >= 0.6 is 0 Å². The molecule has 17 heavy (non-hydrogen) atoms. The summed E-state index contributed by atoms with van der Waals surface area (Å²) in [6.45, 7) is 1.84. The number of ketones is 1. The summed E-state index contributed by atoms with van der Waals surface area (Å²) in [7, 11) is 1.79. The van der Waals surface area contributed by atoms with E-state index in [0.717, 1.165) is 5.69 Å². The van der Waals surface area contributed by atoms with Crippen LogP contribution in [0.4, 0.5) is 4.39 Å². The molecular formula is C13H13FN2O. The van der Waals surface area contributed by atoms with Gasteiger partial charge in [0, 0.05) is 19.2 Å². The molecule has 0 saturated carbocycles. The van der Waals surface area contributed by atoms with E-state index in [-0.39, 0.29) is 18.0 Å². The van der Waals surface area contributed by atoms with Crippen molar-refractivity contribution in [2.24, 2.45) is 7.05 Å². The Labute approximate surface area is 98.9 Å². The minimum absolute atomic E-state index is 0.0406. The van der Waals surface area contributed by atoms with Crippen molar-refractivity contribution in [1.82, 2.24) is 9.78 Å². The van der Waals surface area contributed by atoms with Gasteiger partial charge in [0.15, 0.2) is 5.78 Å². The van der Waals surface area contributed by atoms with Crippen LogP contribution in [0.1, 0.15) is 21.6 Å². The van der Waals surface area contributed by atoms with Gasteiger partial charge in [0.05, 0.1) is 11.8 Å². The number of hydrogen-bond donors (Lipinski definition) is 0. The number of aromatic nitrogens is 2. The van der Waals surface area contributed by atoms with Crippen molar-refractivity contribution in [3.8, 4) is 0 Å². The molecule has 0 atom stereocenters. The summed E-state index contributed by atoms with van der Waals surface area (Å²) in [4.78, 5) is 12.0. The summed E-state index contributed by atoms with van der Waals surface area (Å²) >= 11 is 0. The summed E-state index contributed by atoms with van der Waals surface area (Å²) in [5, 5.41) is 4.02. The van der Waals surface area contributed by atoms with E-state index < -0.39 is 0 Å². The van der Waals surface area contributed by atoms with Gasteiger partial charge in [0.1, 0.15) is 5.82 Å². The first kappa shape index (κ1) is 11.5. The van der Waals surface area contributed by atoms with E-state index in [4.69, 9.17) is 0 Å². The van der Waals surface area contributed by atoms with Crippen molar-refractivity contribution in [3.63, 3.8) is 0 Å². The van der Waals surface area contributed by atoms with Crippen LogP contribution < -0.4 is 0 Å². The maximum atomic E-state index is 13.0. The summed E-state index contributed by atoms with van der Waals surface area (Å²) in [5.41, 5.74) is 2.10. The van der Waals surface area contributed by atoms with Crippen molar-refractivity contribution in [1.29, 1.82) is 0 Å². The Balaban J connectivity index is 2.20. The number of carbonyl (C=O) groups is 1. The molecule has 0 amide bonds. The molecule has 0 radical (unpaired) electrons. The van der Waals surface area contributed by atoms with E-state index in [2.05, 4.69) is 5.10 Å². The van der Waals surface area contributed by atoms with Gasteiger partial charge >= 0.3 is 0 Å². The number of rotatable bonds is 3. The van der Waals surface area contributed by atoms with E-state index in [9.17, 15) is 9.18 Å². The molecule has 2 aromatic rings. The molecule has 0 saturated heterocycles. The van der Waals surface area contributed by atoms with Gasteiger partial charge in [-0.25, -0.2) is 4.39 Å². The van der Waals surface area contributed by atoms with Crippen LogP contribution in [0, 0.1) is 12.7 Å². The summed E-state index contributed by atoms with van der Waals surface area (Å²) in [6, 6.07) is 6.09. The first-order chi connectivity index (χ1) is 8.08. The number of benzene rings is 1. The summed E-state index contributed by atoms with van der Waals surface area (Å²) in [6.07, 6.45) is 1.75. The van der Waals surface area contributed by atoms with Gasteiger partial charge in [0.25, 0.3) is 0 Å². The minimum atomic E-state index is -0.321. The number of Topliss-reactive ketones (excluding diaryl/α,β-unsaturated/α-hetero) is 1. The highest BCUT2D eigenvalue weighted by Crippen LogP contribution is 2.11. The molecule has 0 aliphatic heterocycles. The van der Waals surface area contributed by atoms with Gasteiger partial charge in [-0.2, -0.15) is 5.10 Å². The van der Waals surface area contributed by atoms with E-state index in [0.29, 0.717) is 11.1 Å². The SMILES string of the molecule is Cc1c(C(=O)Cc2cccc(F)c2)cnn1C. The smallest absolute Gasteiger partial charge is 0.170 e. The molecule has 1 aromatic heterocycles. The zero-order valence-corrected chi connectivity index (χ0v) is 9.77. The topological polar surface area (TPSA) is 34.9 Å². The van der Waals surface area contributed by atoms with Gasteiger partial charge in [-0.3, -0.25) is 9.48 Å². The second-order valence-electron chi connectivity index (χ2n) is 4.00. The lowest BCUT2D eigenvalue weighted by Gasteiger charge is -2.01. The highest BCUT2D eigenvalue weighted by atomic mass is 19.1. The quantitative estimate of drug-likeness (QED) is 0.761. The lowest BCUT2D eigenvalue weighted by molar-refractivity contribution is 0.0992. The van der Waals surface area contributed by atoms with Crippen LogP contribution in [-0.4, -0.2) is 15.6 Å². The van der Waals surface area contributed by atoms with Crippen LogP contribution in [0.2, 0.25) is 0 Å². The van der Waals surface area contributed by atoms with Crippen molar-refractivity contribution < 1.29 is 9.18 Å². The Morgan fingerprint density at radius 1 is 1.47 bits per heavy atom. The van der Waals surface area contributed by atoms with E-state index in [1.807, 2.05) is 6.92 Å². The number of halogens is 1. The van der Waals surface area contributed by atoms with E-state index >= 15 is 0 Å². The molecule has 0 aliphatic rings. The number of carbonyl (C=O) groups excluding carboxylic acids is 1. The van der Waals surface area contributed by atoms with Crippen LogP contribution in [-0.2, 0) is 13.5 Å². The van der Waals surface area contributed by atoms with Gasteiger partial charge in [-0.1, -0.05) is 12.1 Å². The van der Waals surface area contributed by atoms with Crippen LogP contribution in [0.25, 0.3) is 0 Å². The Kier molecular flexibility index (Phi) is 3.04. The molecule has 0 fully saturated rings. The first-order valence-electron chi connectivity index (χ1n) is 5.34. The first-order valence-corrected chi connectivity index (χ1v) is 5.34. The second-order valence-corrected chi connectivity index (χ2v) is 4.00. The average Bonchev–Trinajstić information content (AvgIpc) is 2.60. The predicted molar refractivity (Wildman–Crippen MR) is 62.4 cm³/mol. The van der Waals surface area contributed by atoms with Crippen molar-refractivity contribution in [3.05, 3.63) is 53.1 Å². The molecule has 1 aromatic carbocycles. The van der Waals surface area contributed by atoms with E-state index in [1.165, 1.54) is 12.1 Å². The number of hydrogen-bond acceptors (Lipinski definition) is 2. The molecule has 0 spiro atoms. The molecule has 3 nitrogen and oxygen atoms in total. The third-order valence-electron chi connectivity index (χ3n) is 2.79. The Morgan fingerprint density at radius 3 is 2.82 bits per heavy atom. The molecule has 0 aliphatic carbocycles. The van der Waals surface area contributed by atoms with Gasteiger partial charge < -0.3 is 0 Å². The van der Waals surface area contributed by atoms with Crippen LogP contribution in [0.5, 0.6) is 0 Å². The largest absolute Gasteiger partial charge is 0.294 e. The predicted octanol–water partition coefficient (Wildman–Crippen LogP) is 2.29. The molecule has 2 rings (SSSR count). The minimum Gasteiger partial charge on any atom is -0.294 e. The Bertz CT molecular complexity index is 560. The molecule has 0 bridgehead atoms. The van der Waals surface area contributed by atoms with Gasteiger partial charge in [-0.05, 0) is 24.6 Å². The lowest BCUT2D eigenvalue weighted by atomic mass is 10.0. The third-order valence-corrected chi connectivity index (χ3v) is 2.79. The van der Waals surface area contributed by atoms with Crippen molar-refractivity contribution in [2.75, 3.05) is 0 Å². The zero-order valence-electron chi connectivity index (χ0n) is 9.77. The summed E-state index contributed by atoms with van der Waals surface area (Å²) in [5.74, 6) is -0.362. The fraction of sp³-hybridized carbons (Fsp3) is 0.231. The zero-order chi connectivity index (χ0) is 12.4. The molecule has 1 heterocycles. The fourth-order valence-corrected chi connectivity index (χ4v) is 1.70. The summed E-state index contributed by atoms with van der Waals surface area (Å²) < 4.78 is 14.6. The third kappa shape index (κ3) is 2.41.